The molecule has 0 aliphatic carbocycles. The van der Waals surface area contributed by atoms with E-state index in [0.29, 0.717) is 5.69 Å². The second-order valence-electron chi connectivity index (χ2n) is 3.25. The number of nitro benzene ring substituents is 1. The third-order valence-electron chi connectivity index (χ3n) is 2.06. The van der Waals surface area contributed by atoms with Crippen LogP contribution in [0.15, 0.2) is 52.5 Å². The van der Waals surface area contributed by atoms with Gasteiger partial charge in [-0.1, -0.05) is 17.8 Å². The van der Waals surface area contributed by atoms with Gasteiger partial charge in [0.1, 0.15) is 5.03 Å². The number of hydrogen-bond donors (Lipinski definition) is 1. The topological polar surface area (TPSA) is 82.0 Å². The van der Waals surface area contributed by atoms with E-state index in [1.54, 1.807) is 12.3 Å². The van der Waals surface area contributed by atoms with Gasteiger partial charge in [0.2, 0.25) is 0 Å². The van der Waals surface area contributed by atoms with Crippen molar-refractivity contribution in [1.29, 1.82) is 0 Å². The van der Waals surface area contributed by atoms with E-state index in [4.69, 9.17) is 5.73 Å². The summed E-state index contributed by atoms with van der Waals surface area (Å²) in [6.07, 6.45) is 1.68. The van der Waals surface area contributed by atoms with Gasteiger partial charge in [0.05, 0.1) is 10.6 Å². The van der Waals surface area contributed by atoms with Crippen LogP contribution in [-0.4, -0.2) is 9.91 Å². The molecule has 5 nitrogen and oxygen atoms in total. The van der Waals surface area contributed by atoms with E-state index in [0.717, 1.165) is 9.92 Å². The van der Waals surface area contributed by atoms with E-state index >= 15 is 0 Å². The first kappa shape index (κ1) is 11.4. The van der Waals surface area contributed by atoms with Crippen LogP contribution < -0.4 is 5.73 Å². The van der Waals surface area contributed by atoms with Crippen molar-refractivity contribution in [2.24, 2.45) is 0 Å². The van der Waals surface area contributed by atoms with Crippen molar-refractivity contribution in [2.75, 3.05) is 5.73 Å². The summed E-state index contributed by atoms with van der Waals surface area (Å²) in [6, 6.07) is 9.96. The molecule has 0 radical (unpaired) electrons. The summed E-state index contributed by atoms with van der Waals surface area (Å²) in [5, 5.41) is 11.4. The van der Waals surface area contributed by atoms with Gasteiger partial charge < -0.3 is 5.73 Å². The summed E-state index contributed by atoms with van der Waals surface area (Å²) < 4.78 is 0. The predicted molar refractivity (Wildman–Crippen MR) is 65.9 cm³/mol. The van der Waals surface area contributed by atoms with Crippen molar-refractivity contribution in [2.45, 2.75) is 9.92 Å². The first-order valence-corrected chi connectivity index (χ1v) is 5.61. The molecule has 2 rings (SSSR count). The van der Waals surface area contributed by atoms with Crippen molar-refractivity contribution in [3.63, 3.8) is 0 Å². The zero-order valence-electron chi connectivity index (χ0n) is 8.74. The number of benzene rings is 1. The lowest BCUT2D eigenvalue weighted by molar-refractivity contribution is -0.384. The maximum atomic E-state index is 10.6. The number of hydrogen-bond acceptors (Lipinski definition) is 5. The Bertz CT molecular complexity index is 546. The SMILES string of the molecule is Nc1cc([N+](=O)[O-])ccc1Sc1ccccn1. The normalized spacial score (nSPS) is 10.1. The molecule has 0 saturated carbocycles. The largest absolute Gasteiger partial charge is 0.398 e. The number of pyridine rings is 1. The molecule has 6 heteroatoms. The molecule has 0 atom stereocenters. The van der Waals surface area contributed by atoms with Crippen molar-refractivity contribution in [3.05, 3.63) is 52.7 Å². The maximum Gasteiger partial charge on any atom is 0.271 e. The summed E-state index contributed by atoms with van der Waals surface area (Å²) in [5.74, 6) is 0. The fourth-order valence-electron chi connectivity index (χ4n) is 1.26. The molecule has 0 saturated heterocycles. The first-order chi connectivity index (χ1) is 8.16. The lowest BCUT2D eigenvalue weighted by Crippen LogP contribution is -1.93. The number of anilines is 1. The average molecular weight is 247 g/mol. The van der Waals surface area contributed by atoms with Crippen LogP contribution in [0.4, 0.5) is 11.4 Å². The van der Waals surface area contributed by atoms with Gasteiger partial charge in [-0.15, -0.1) is 0 Å². The highest BCUT2D eigenvalue weighted by Crippen LogP contribution is 2.32. The van der Waals surface area contributed by atoms with Crippen molar-refractivity contribution in [1.82, 2.24) is 4.98 Å². The highest BCUT2D eigenvalue weighted by atomic mass is 32.2. The summed E-state index contributed by atoms with van der Waals surface area (Å²) in [6.45, 7) is 0. The van der Waals surface area contributed by atoms with Gasteiger partial charge >= 0.3 is 0 Å². The smallest absolute Gasteiger partial charge is 0.271 e. The number of nitrogens with two attached hydrogens (primary N) is 1. The first-order valence-electron chi connectivity index (χ1n) is 4.79. The number of aromatic nitrogens is 1. The molecule has 17 heavy (non-hydrogen) atoms. The number of non-ortho nitro benzene ring substituents is 1. The Kier molecular flexibility index (Phi) is 3.24. The monoisotopic (exact) mass is 247 g/mol. The molecule has 1 heterocycles. The van der Waals surface area contributed by atoms with Crippen LogP contribution in [-0.2, 0) is 0 Å². The number of rotatable bonds is 3. The van der Waals surface area contributed by atoms with E-state index in [1.165, 1.54) is 23.9 Å². The summed E-state index contributed by atoms with van der Waals surface area (Å²) in [5.41, 5.74) is 6.13. The van der Waals surface area contributed by atoms with Gasteiger partial charge in [-0.05, 0) is 18.2 Å². The van der Waals surface area contributed by atoms with Crippen LogP contribution >= 0.6 is 11.8 Å². The Balaban J connectivity index is 2.26. The molecule has 0 bridgehead atoms. The highest BCUT2D eigenvalue weighted by molar-refractivity contribution is 7.99. The van der Waals surface area contributed by atoms with Crippen LogP contribution in [0.25, 0.3) is 0 Å². The Hall–Kier alpha value is -2.08. The molecule has 0 aliphatic heterocycles. The molecule has 0 aliphatic rings. The highest BCUT2D eigenvalue weighted by Gasteiger charge is 2.09. The van der Waals surface area contributed by atoms with Gasteiger partial charge in [0.15, 0.2) is 0 Å². The minimum absolute atomic E-state index is 0.00660. The Morgan fingerprint density at radius 2 is 2.12 bits per heavy atom. The third-order valence-corrected chi connectivity index (χ3v) is 3.10. The molecular weight excluding hydrogens is 238 g/mol. The van der Waals surface area contributed by atoms with E-state index in [1.807, 2.05) is 18.2 Å². The van der Waals surface area contributed by atoms with Crippen LogP contribution in [0.5, 0.6) is 0 Å². The predicted octanol–water partition coefficient (Wildman–Crippen LogP) is 2.72. The van der Waals surface area contributed by atoms with Crippen molar-refractivity contribution in [3.8, 4) is 0 Å². The molecule has 0 fully saturated rings. The Morgan fingerprint density at radius 1 is 1.29 bits per heavy atom. The molecule has 0 amide bonds. The number of nitrogen functional groups attached to an aromatic ring is 1. The van der Waals surface area contributed by atoms with Gasteiger partial charge in [0.25, 0.3) is 5.69 Å². The molecule has 0 spiro atoms. The minimum atomic E-state index is -0.467. The molecule has 2 aromatic rings. The van der Waals surface area contributed by atoms with Crippen LogP contribution in [0.1, 0.15) is 0 Å². The zero-order chi connectivity index (χ0) is 12.3. The number of nitro groups is 1. The molecule has 1 aromatic carbocycles. The Morgan fingerprint density at radius 3 is 2.71 bits per heavy atom. The van der Waals surface area contributed by atoms with Gasteiger partial charge in [-0.25, -0.2) is 4.98 Å². The summed E-state index contributed by atoms with van der Waals surface area (Å²) in [4.78, 5) is 15.0. The van der Waals surface area contributed by atoms with E-state index in [-0.39, 0.29) is 5.69 Å². The van der Waals surface area contributed by atoms with Gasteiger partial charge in [-0.3, -0.25) is 10.1 Å². The minimum Gasteiger partial charge on any atom is -0.398 e. The summed E-state index contributed by atoms with van der Waals surface area (Å²) in [7, 11) is 0. The molecule has 1 aromatic heterocycles. The van der Waals surface area contributed by atoms with Crippen LogP contribution in [0.2, 0.25) is 0 Å². The number of nitrogens with zero attached hydrogens (tertiary/aromatic N) is 2. The Labute approximate surface area is 102 Å². The molecular formula is C11H9N3O2S. The van der Waals surface area contributed by atoms with E-state index in [9.17, 15) is 10.1 Å². The third kappa shape index (κ3) is 2.73. The fraction of sp³-hybridized carbons (Fsp3) is 0. The van der Waals surface area contributed by atoms with Crippen molar-refractivity contribution < 1.29 is 4.92 Å². The van der Waals surface area contributed by atoms with Crippen LogP contribution in [0, 0.1) is 10.1 Å². The standard InChI is InChI=1S/C11H9N3O2S/c12-9-7-8(14(15)16)4-5-10(9)17-11-3-1-2-6-13-11/h1-7H,12H2. The zero-order valence-corrected chi connectivity index (χ0v) is 9.55. The average Bonchev–Trinajstić information content (AvgIpc) is 2.33. The van der Waals surface area contributed by atoms with E-state index in [2.05, 4.69) is 4.98 Å². The van der Waals surface area contributed by atoms with Crippen LogP contribution in [0.3, 0.4) is 0 Å². The molecule has 86 valence electrons. The second kappa shape index (κ2) is 4.84. The fourth-order valence-corrected chi connectivity index (χ4v) is 2.06. The molecule has 2 N–H and O–H groups in total. The van der Waals surface area contributed by atoms with E-state index < -0.39 is 4.92 Å². The molecule has 0 unspecified atom stereocenters. The maximum absolute atomic E-state index is 10.6. The lowest BCUT2D eigenvalue weighted by atomic mass is 10.3. The summed E-state index contributed by atoms with van der Waals surface area (Å²) >= 11 is 1.38. The van der Waals surface area contributed by atoms with Crippen molar-refractivity contribution >= 4 is 23.1 Å². The van der Waals surface area contributed by atoms with Gasteiger partial charge in [-0.2, -0.15) is 0 Å². The lowest BCUT2D eigenvalue weighted by Gasteiger charge is -2.03. The van der Waals surface area contributed by atoms with Gasteiger partial charge in [0, 0.05) is 23.2 Å². The quantitative estimate of drug-likeness (QED) is 0.512. The second-order valence-corrected chi connectivity index (χ2v) is 4.31.